The van der Waals surface area contributed by atoms with E-state index in [1.165, 1.54) is 25.3 Å². The fourth-order valence-corrected chi connectivity index (χ4v) is 1.85. The highest BCUT2D eigenvalue weighted by molar-refractivity contribution is 6.11. The van der Waals surface area contributed by atoms with Crippen LogP contribution in [0.1, 0.15) is 28.6 Å². The summed E-state index contributed by atoms with van der Waals surface area (Å²) in [6, 6.07) is 7.83. The summed E-state index contributed by atoms with van der Waals surface area (Å²) in [7, 11) is 0. The Morgan fingerprint density at radius 2 is 1.96 bits per heavy atom. The second kappa shape index (κ2) is 6.58. The second-order valence-electron chi connectivity index (χ2n) is 4.72. The molecule has 0 saturated carbocycles. The summed E-state index contributed by atoms with van der Waals surface area (Å²) in [6.07, 6.45) is 1.22. The molecule has 0 aliphatic heterocycles. The van der Waals surface area contributed by atoms with Crippen molar-refractivity contribution in [3.63, 3.8) is 0 Å². The number of Topliss-reactive ketones (excluding diaryl/α,β-unsaturated/α-hetero) is 1. The summed E-state index contributed by atoms with van der Waals surface area (Å²) in [5.41, 5.74) is 0.597. The summed E-state index contributed by atoms with van der Waals surface area (Å²) in [4.78, 5) is 23.3. The number of nitrogens with zero attached hydrogens (tertiary/aromatic N) is 2. The van der Waals surface area contributed by atoms with Crippen LogP contribution >= 0.6 is 0 Å². The largest absolute Gasteiger partial charge is 0.506 e. The molecule has 2 rings (SSSR count). The van der Waals surface area contributed by atoms with Crippen LogP contribution in [0.5, 0.6) is 0 Å². The van der Waals surface area contributed by atoms with Gasteiger partial charge in [-0.2, -0.15) is 5.26 Å². The van der Waals surface area contributed by atoms with Gasteiger partial charge in [-0.1, -0.05) is 5.16 Å². The lowest BCUT2D eigenvalue weighted by Crippen LogP contribution is -2.15. The van der Waals surface area contributed by atoms with E-state index in [0.29, 0.717) is 11.3 Å². The Morgan fingerprint density at radius 3 is 2.43 bits per heavy atom. The normalized spacial score (nSPS) is 11.3. The lowest BCUT2D eigenvalue weighted by atomic mass is 10.1. The van der Waals surface area contributed by atoms with E-state index in [-0.39, 0.29) is 17.1 Å². The van der Waals surface area contributed by atoms with Gasteiger partial charge >= 0.3 is 0 Å². The van der Waals surface area contributed by atoms with Gasteiger partial charge in [0.1, 0.15) is 11.8 Å². The van der Waals surface area contributed by atoms with Gasteiger partial charge in [0.25, 0.3) is 5.91 Å². The van der Waals surface area contributed by atoms with Crippen molar-refractivity contribution in [1.82, 2.24) is 5.16 Å². The highest BCUT2D eigenvalue weighted by Gasteiger charge is 2.20. The van der Waals surface area contributed by atoms with Gasteiger partial charge in [0.05, 0.1) is 11.8 Å². The first kappa shape index (κ1) is 16.0. The zero-order valence-electron chi connectivity index (χ0n) is 12.5. The molecule has 1 amide bonds. The van der Waals surface area contributed by atoms with Crippen molar-refractivity contribution >= 4 is 23.1 Å². The summed E-state index contributed by atoms with van der Waals surface area (Å²) in [6.45, 7) is 2.98. The van der Waals surface area contributed by atoms with Crippen molar-refractivity contribution in [1.29, 1.82) is 5.26 Å². The van der Waals surface area contributed by atoms with Crippen LogP contribution in [0.3, 0.4) is 0 Å². The van der Waals surface area contributed by atoms with Crippen LogP contribution in [-0.2, 0) is 4.79 Å². The molecule has 1 aromatic heterocycles. The quantitative estimate of drug-likeness (QED) is 0.388. The monoisotopic (exact) mass is 311 g/mol. The van der Waals surface area contributed by atoms with Gasteiger partial charge in [-0.15, -0.1) is 0 Å². The van der Waals surface area contributed by atoms with Crippen molar-refractivity contribution in [3.8, 4) is 6.07 Å². The maximum absolute atomic E-state index is 12.1. The van der Waals surface area contributed by atoms with Gasteiger partial charge in [0.2, 0.25) is 0 Å². The molecular formula is C16H13N3O4. The Bertz CT molecular complexity index is 826. The van der Waals surface area contributed by atoms with Crippen molar-refractivity contribution in [2.45, 2.75) is 13.8 Å². The van der Waals surface area contributed by atoms with Crippen LogP contribution in [0.15, 0.2) is 40.6 Å². The Kier molecular flexibility index (Phi) is 4.57. The van der Waals surface area contributed by atoms with Crippen molar-refractivity contribution in [2.24, 2.45) is 0 Å². The number of nitriles is 1. The standard InChI is InChI=1S/C16H13N3O4/c1-9(20)11-3-5-12(6-4-11)19-16(22)13(7-17)15(21)14-8-18-23-10(14)2/h3-6,8,21H,1-2H3,(H,19,22)/b15-13-. The first-order valence-corrected chi connectivity index (χ1v) is 6.61. The highest BCUT2D eigenvalue weighted by Crippen LogP contribution is 2.20. The molecule has 0 aliphatic rings. The number of ketones is 1. The molecule has 23 heavy (non-hydrogen) atoms. The van der Waals surface area contributed by atoms with E-state index in [9.17, 15) is 14.7 Å². The van der Waals surface area contributed by atoms with E-state index < -0.39 is 17.2 Å². The predicted molar refractivity (Wildman–Crippen MR) is 81.5 cm³/mol. The van der Waals surface area contributed by atoms with Gasteiger partial charge in [-0.3, -0.25) is 9.59 Å². The van der Waals surface area contributed by atoms with E-state index in [1.807, 2.05) is 0 Å². The van der Waals surface area contributed by atoms with Gasteiger partial charge in [-0.25, -0.2) is 0 Å². The summed E-state index contributed by atoms with van der Waals surface area (Å²) < 4.78 is 4.80. The number of nitrogens with one attached hydrogen (secondary N) is 1. The van der Waals surface area contributed by atoms with Crippen LogP contribution in [0, 0.1) is 18.3 Å². The molecule has 7 nitrogen and oxygen atoms in total. The molecule has 7 heteroatoms. The maximum Gasteiger partial charge on any atom is 0.270 e. The maximum atomic E-state index is 12.1. The Hall–Kier alpha value is -3.40. The van der Waals surface area contributed by atoms with Crippen molar-refractivity contribution in [3.05, 3.63) is 52.9 Å². The number of hydrogen-bond acceptors (Lipinski definition) is 6. The third kappa shape index (κ3) is 3.44. The lowest BCUT2D eigenvalue weighted by Gasteiger charge is -2.06. The molecule has 2 aromatic rings. The van der Waals surface area contributed by atoms with Crippen LogP contribution in [0.4, 0.5) is 5.69 Å². The predicted octanol–water partition coefficient (Wildman–Crippen LogP) is 2.62. The number of carbonyl (C=O) groups is 2. The topological polar surface area (TPSA) is 116 Å². The Labute approximate surface area is 131 Å². The first-order chi connectivity index (χ1) is 10.9. The van der Waals surface area contributed by atoms with Gasteiger partial charge < -0.3 is 14.9 Å². The Balaban J connectivity index is 2.26. The van der Waals surface area contributed by atoms with Gasteiger partial charge in [-0.05, 0) is 38.1 Å². The molecule has 0 radical (unpaired) electrons. The molecule has 0 fully saturated rings. The smallest absolute Gasteiger partial charge is 0.270 e. The minimum Gasteiger partial charge on any atom is -0.506 e. The summed E-state index contributed by atoms with van der Waals surface area (Å²) in [5, 5.41) is 25.2. The molecule has 0 spiro atoms. The van der Waals surface area contributed by atoms with E-state index in [2.05, 4.69) is 10.5 Å². The molecule has 116 valence electrons. The molecule has 0 atom stereocenters. The average molecular weight is 311 g/mol. The van der Waals surface area contributed by atoms with Gasteiger partial charge in [0.15, 0.2) is 17.1 Å². The van der Waals surface area contributed by atoms with E-state index in [1.54, 1.807) is 25.1 Å². The SMILES string of the molecule is CC(=O)c1ccc(NC(=O)/C(C#N)=C(\O)c2cnoc2C)cc1. The van der Waals surface area contributed by atoms with Crippen LogP contribution < -0.4 is 5.32 Å². The number of amides is 1. The molecule has 2 N–H and O–H groups in total. The number of benzene rings is 1. The number of aryl methyl sites for hydroxylation is 1. The van der Waals surface area contributed by atoms with Crippen molar-refractivity contribution in [2.75, 3.05) is 5.32 Å². The summed E-state index contributed by atoms with van der Waals surface area (Å²) in [5.74, 6) is -1.10. The third-order valence-corrected chi connectivity index (χ3v) is 3.13. The molecule has 0 saturated heterocycles. The van der Waals surface area contributed by atoms with E-state index >= 15 is 0 Å². The zero-order valence-corrected chi connectivity index (χ0v) is 12.5. The third-order valence-electron chi connectivity index (χ3n) is 3.13. The van der Waals surface area contributed by atoms with Gasteiger partial charge in [0, 0.05) is 11.3 Å². The Morgan fingerprint density at radius 1 is 1.30 bits per heavy atom. The van der Waals surface area contributed by atoms with Crippen LogP contribution in [0.2, 0.25) is 0 Å². The molecular weight excluding hydrogens is 298 g/mol. The number of aliphatic hydroxyl groups is 1. The number of rotatable bonds is 4. The zero-order chi connectivity index (χ0) is 17.0. The fourth-order valence-electron chi connectivity index (χ4n) is 1.85. The molecule has 0 bridgehead atoms. The van der Waals surface area contributed by atoms with Crippen molar-refractivity contribution < 1.29 is 19.2 Å². The average Bonchev–Trinajstić information content (AvgIpc) is 2.94. The molecule has 1 aromatic carbocycles. The minimum atomic E-state index is -0.777. The molecule has 0 unspecified atom stereocenters. The number of carbonyl (C=O) groups excluding carboxylic acids is 2. The second-order valence-corrected chi connectivity index (χ2v) is 4.72. The number of hydrogen-bond donors (Lipinski definition) is 2. The van der Waals surface area contributed by atoms with E-state index in [0.717, 1.165) is 0 Å². The van der Waals surface area contributed by atoms with Crippen LogP contribution in [-0.4, -0.2) is 22.0 Å². The number of anilines is 1. The fraction of sp³-hybridized carbons (Fsp3) is 0.125. The molecule has 1 heterocycles. The van der Waals surface area contributed by atoms with E-state index in [4.69, 9.17) is 9.78 Å². The summed E-state index contributed by atoms with van der Waals surface area (Å²) >= 11 is 0. The molecule has 0 aliphatic carbocycles. The van der Waals surface area contributed by atoms with Crippen LogP contribution in [0.25, 0.3) is 5.76 Å². The minimum absolute atomic E-state index is 0.0962. The first-order valence-electron chi connectivity index (χ1n) is 6.61. The number of aliphatic hydroxyl groups excluding tert-OH is 1. The number of aromatic nitrogens is 1. The lowest BCUT2D eigenvalue weighted by molar-refractivity contribution is -0.112. The highest BCUT2D eigenvalue weighted by atomic mass is 16.5.